The van der Waals surface area contributed by atoms with Crippen LogP contribution in [0.25, 0.3) is 0 Å². The van der Waals surface area contributed by atoms with Crippen LogP contribution in [0.4, 0.5) is 5.69 Å². The molecule has 0 N–H and O–H groups in total. The van der Waals surface area contributed by atoms with E-state index in [2.05, 4.69) is 15.9 Å². The van der Waals surface area contributed by atoms with Crippen molar-refractivity contribution in [1.82, 2.24) is 0 Å². The lowest BCUT2D eigenvalue weighted by molar-refractivity contribution is -0.385. The van der Waals surface area contributed by atoms with Gasteiger partial charge in [-0.1, -0.05) is 6.07 Å². The number of ketones is 1. The van der Waals surface area contributed by atoms with Gasteiger partial charge in [0.1, 0.15) is 5.78 Å². The van der Waals surface area contributed by atoms with E-state index in [0.717, 1.165) is 5.56 Å². The van der Waals surface area contributed by atoms with Crippen LogP contribution < -0.4 is 0 Å². The summed E-state index contributed by atoms with van der Waals surface area (Å²) in [6.07, 6.45) is 0.302. The summed E-state index contributed by atoms with van der Waals surface area (Å²) in [5.41, 5.74) is 0.785. The van der Waals surface area contributed by atoms with Crippen molar-refractivity contribution in [3.63, 3.8) is 0 Å². The average molecular weight is 258 g/mol. The quantitative estimate of drug-likeness (QED) is 0.618. The Morgan fingerprint density at radius 3 is 2.64 bits per heavy atom. The third-order valence-corrected chi connectivity index (χ3v) is 2.30. The largest absolute Gasteiger partial charge is 0.300 e. The van der Waals surface area contributed by atoms with Crippen molar-refractivity contribution in [3.05, 3.63) is 38.3 Å². The maximum absolute atomic E-state index is 10.8. The lowest BCUT2D eigenvalue weighted by atomic mass is 10.1. The van der Waals surface area contributed by atoms with Gasteiger partial charge in [-0.3, -0.25) is 14.9 Å². The van der Waals surface area contributed by atoms with Crippen molar-refractivity contribution in [2.45, 2.75) is 13.3 Å². The van der Waals surface area contributed by atoms with E-state index < -0.39 is 4.92 Å². The normalized spacial score (nSPS) is 9.86. The first-order valence-electron chi connectivity index (χ1n) is 3.93. The van der Waals surface area contributed by atoms with E-state index in [1.807, 2.05) is 0 Å². The number of nitro groups is 1. The number of carbonyl (C=O) groups is 1. The van der Waals surface area contributed by atoms with Gasteiger partial charge in [-0.25, -0.2) is 0 Å². The number of nitrogens with zero attached hydrogens (tertiary/aromatic N) is 1. The van der Waals surface area contributed by atoms with E-state index in [4.69, 9.17) is 0 Å². The third-order valence-electron chi connectivity index (χ3n) is 1.66. The summed E-state index contributed by atoms with van der Waals surface area (Å²) < 4.78 is 0.404. The maximum atomic E-state index is 10.8. The Labute approximate surface area is 89.2 Å². The predicted molar refractivity (Wildman–Crippen MR) is 55.2 cm³/mol. The van der Waals surface area contributed by atoms with Gasteiger partial charge in [0.2, 0.25) is 0 Å². The van der Waals surface area contributed by atoms with Gasteiger partial charge in [0.05, 0.1) is 9.40 Å². The molecule has 0 aromatic heterocycles. The van der Waals surface area contributed by atoms with Gasteiger partial charge in [0.15, 0.2) is 0 Å². The Balaban J connectivity index is 3.00. The van der Waals surface area contributed by atoms with Crippen molar-refractivity contribution in [2.75, 3.05) is 0 Å². The van der Waals surface area contributed by atoms with Crippen molar-refractivity contribution in [3.8, 4) is 0 Å². The first-order valence-corrected chi connectivity index (χ1v) is 4.72. The second-order valence-electron chi connectivity index (χ2n) is 2.92. The highest BCUT2D eigenvalue weighted by molar-refractivity contribution is 9.10. The number of rotatable bonds is 3. The predicted octanol–water partition coefficient (Wildman–Crippen LogP) is 2.49. The molecule has 4 nitrogen and oxygen atoms in total. The van der Waals surface area contributed by atoms with E-state index in [1.165, 1.54) is 13.0 Å². The number of Topliss-reactive ketones (excluding diaryl/α,β-unsaturated/α-hetero) is 1. The fraction of sp³-hybridized carbons (Fsp3) is 0.222. The van der Waals surface area contributed by atoms with Crippen molar-refractivity contribution >= 4 is 27.4 Å². The van der Waals surface area contributed by atoms with Crippen LogP contribution >= 0.6 is 15.9 Å². The van der Waals surface area contributed by atoms with Gasteiger partial charge in [0.25, 0.3) is 5.69 Å². The molecule has 0 aliphatic carbocycles. The average Bonchev–Trinajstić information content (AvgIpc) is 2.01. The smallest absolute Gasteiger partial charge is 0.283 e. The summed E-state index contributed by atoms with van der Waals surface area (Å²) in [6.45, 7) is 1.48. The number of nitro benzene ring substituents is 1. The lowest BCUT2D eigenvalue weighted by Crippen LogP contribution is -1.97. The molecule has 14 heavy (non-hydrogen) atoms. The van der Waals surface area contributed by atoms with Crippen LogP contribution in [0, 0.1) is 10.1 Å². The van der Waals surface area contributed by atoms with Gasteiger partial charge < -0.3 is 0 Å². The summed E-state index contributed by atoms with van der Waals surface area (Å²) >= 11 is 3.08. The first kappa shape index (κ1) is 10.8. The number of hydrogen-bond donors (Lipinski definition) is 0. The fourth-order valence-electron chi connectivity index (χ4n) is 1.10. The molecular weight excluding hydrogens is 250 g/mol. The molecule has 1 rings (SSSR count). The van der Waals surface area contributed by atoms with Crippen LogP contribution in [0.3, 0.4) is 0 Å². The van der Waals surface area contributed by atoms with Gasteiger partial charge in [-0.05, 0) is 34.5 Å². The van der Waals surface area contributed by atoms with E-state index in [1.54, 1.807) is 12.1 Å². The molecule has 0 aliphatic heterocycles. The summed E-state index contributed by atoms with van der Waals surface area (Å²) in [7, 11) is 0. The molecule has 0 fully saturated rings. The van der Waals surface area contributed by atoms with Gasteiger partial charge in [0, 0.05) is 12.5 Å². The van der Waals surface area contributed by atoms with Crippen LogP contribution in [-0.4, -0.2) is 10.7 Å². The fourth-order valence-corrected chi connectivity index (χ4v) is 1.67. The van der Waals surface area contributed by atoms with Crippen molar-refractivity contribution < 1.29 is 9.72 Å². The number of halogens is 1. The second-order valence-corrected chi connectivity index (χ2v) is 3.78. The molecule has 0 heterocycles. The SMILES string of the molecule is CC(=O)Cc1ccc([N+](=O)[O-])c(Br)c1. The zero-order chi connectivity index (χ0) is 10.7. The van der Waals surface area contributed by atoms with Crippen molar-refractivity contribution in [2.24, 2.45) is 0 Å². The minimum atomic E-state index is -0.471. The highest BCUT2D eigenvalue weighted by Crippen LogP contribution is 2.25. The highest BCUT2D eigenvalue weighted by Gasteiger charge is 2.11. The van der Waals surface area contributed by atoms with Crippen LogP contribution in [0.1, 0.15) is 12.5 Å². The Morgan fingerprint density at radius 2 is 2.21 bits per heavy atom. The van der Waals surface area contributed by atoms with E-state index in [0.29, 0.717) is 10.9 Å². The molecule has 0 unspecified atom stereocenters. The molecule has 0 bridgehead atoms. The lowest BCUT2D eigenvalue weighted by Gasteiger charge is -1.99. The Hall–Kier alpha value is -1.23. The van der Waals surface area contributed by atoms with Crippen molar-refractivity contribution in [1.29, 1.82) is 0 Å². The second kappa shape index (κ2) is 4.32. The Morgan fingerprint density at radius 1 is 1.57 bits per heavy atom. The molecule has 1 aromatic carbocycles. The third kappa shape index (κ3) is 2.63. The molecular formula is C9H8BrNO3. The first-order chi connectivity index (χ1) is 6.50. The highest BCUT2D eigenvalue weighted by atomic mass is 79.9. The molecule has 0 saturated heterocycles. The molecule has 0 radical (unpaired) electrons. The zero-order valence-electron chi connectivity index (χ0n) is 7.49. The summed E-state index contributed by atoms with van der Waals surface area (Å²) in [5.74, 6) is 0.0331. The number of carbonyl (C=O) groups excluding carboxylic acids is 1. The summed E-state index contributed by atoms with van der Waals surface area (Å²) in [5, 5.41) is 10.5. The molecule has 0 aliphatic rings. The number of benzene rings is 1. The van der Waals surface area contributed by atoms with Gasteiger partial charge in [-0.2, -0.15) is 0 Å². The summed E-state index contributed by atoms with van der Waals surface area (Å²) in [6, 6.07) is 4.58. The summed E-state index contributed by atoms with van der Waals surface area (Å²) in [4.78, 5) is 20.8. The minimum absolute atomic E-state index is 0.0114. The van der Waals surface area contributed by atoms with Crippen LogP contribution in [0.2, 0.25) is 0 Å². The van der Waals surface area contributed by atoms with E-state index >= 15 is 0 Å². The molecule has 5 heteroatoms. The Kier molecular flexibility index (Phi) is 3.35. The molecule has 0 amide bonds. The molecule has 1 aromatic rings. The molecule has 74 valence electrons. The van der Waals surface area contributed by atoms with E-state index in [9.17, 15) is 14.9 Å². The molecule has 0 saturated carbocycles. The van der Waals surface area contributed by atoms with E-state index in [-0.39, 0.29) is 11.5 Å². The maximum Gasteiger partial charge on any atom is 0.283 e. The zero-order valence-corrected chi connectivity index (χ0v) is 9.08. The van der Waals surface area contributed by atoms with Crippen LogP contribution in [0.15, 0.2) is 22.7 Å². The standard InChI is InChI=1S/C9H8BrNO3/c1-6(12)4-7-2-3-9(11(13)14)8(10)5-7/h2-3,5H,4H2,1H3. The van der Waals surface area contributed by atoms with Crippen LogP contribution in [0.5, 0.6) is 0 Å². The molecule has 0 spiro atoms. The minimum Gasteiger partial charge on any atom is -0.300 e. The monoisotopic (exact) mass is 257 g/mol. The molecule has 0 atom stereocenters. The van der Waals surface area contributed by atoms with Gasteiger partial charge in [-0.15, -0.1) is 0 Å². The number of hydrogen-bond acceptors (Lipinski definition) is 3. The Bertz CT molecular complexity index is 390. The topological polar surface area (TPSA) is 60.2 Å². The van der Waals surface area contributed by atoms with Gasteiger partial charge >= 0.3 is 0 Å². The van der Waals surface area contributed by atoms with Crippen LogP contribution in [-0.2, 0) is 11.2 Å².